The average molecular weight is 360 g/mol. The molecule has 138 valence electrons. The highest BCUT2D eigenvalue weighted by Gasteiger charge is 2.36. The molecule has 0 spiro atoms. The summed E-state index contributed by atoms with van der Waals surface area (Å²) in [6.07, 6.45) is -1.03. The Hall–Kier alpha value is -3.09. The van der Waals surface area contributed by atoms with Crippen molar-refractivity contribution in [2.75, 3.05) is 14.2 Å². The van der Waals surface area contributed by atoms with Crippen LogP contribution < -0.4 is 14.2 Å². The van der Waals surface area contributed by atoms with Crippen LogP contribution in [0.3, 0.4) is 0 Å². The molecule has 1 aliphatic heterocycles. The number of hydrogen-bond donors (Lipinski definition) is 2. The van der Waals surface area contributed by atoms with Crippen LogP contribution in [-0.4, -0.2) is 36.5 Å². The predicted molar refractivity (Wildman–Crippen MR) is 91.9 cm³/mol. The molecule has 1 aliphatic rings. The second-order valence-electron chi connectivity index (χ2n) is 5.95. The molecule has 7 heteroatoms. The molecule has 3 rings (SSSR count). The summed E-state index contributed by atoms with van der Waals surface area (Å²) in [5.74, 6) is 0.740. The molecule has 0 bridgehead atoms. The van der Waals surface area contributed by atoms with E-state index in [-0.39, 0.29) is 17.9 Å². The van der Waals surface area contributed by atoms with Crippen LogP contribution in [0.15, 0.2) is 30.3 Å². The minimum Gasteiger partial charge on any atom is -0.508 e. The van der Waals surface area contributed by atoms with Crippen LogP contribution in [0.5, 0.6) is 28.7 Å². The van der Waals surface area contributed by atoms with E-state index in [2.05, 4.69) is 0 Å². The van der Waals surface area contributed by atoms with Gasteiger partial charge in [-0.15, -0.1) is 0 Å². The van der Waals surface area contributed by atoms with Gasteiger partial charge in [0.1, 0.15) is 23.4 Å². The lowest BCUT2D eigenvalue weighted by atomic mass is 9.93. The molecule has 1 heterocycles. The zero-order valence-corrected chi connectivity index (χ0v) is 14.7. The maximum atomic E-state index is 11.5. The maximum Gasteiger partial charge on any atom is 0.303 e. The fraction of sp³-hybridized carbons (Fsp3) is 0.316. The van der Waals surface area contributed by atoms with Gasteiger partial charge >= 0.3 is 5.97 Å². The van der Waals surface area contributed by atoms with Gasteiger partial charge in [-0.05, 0) is 12.1 Å². The normalized spacial score (nSPS) is 18.4. The van der Waals surface area contributed by atoms with E-state index < -0.39 is 18.2 Å². The number of rotatable bonds is 4. The molecule has 0 amide bonds. The summed E-state index contributed by atoms with van der Waals surface area (Å²) in [7, 11) is 3.07. The van der Waals surface area contributed by atoms with E-state index in [1.807, 2.05) is 0 Å². The highest BCUT2D eigenvalue weighted by atomic mass is 16.6. The third-order valence-electron chi connectivity index (χ3n) is 4.22. The van der Waals surface area contributed by atoms with Gasteiger partial charge in [-0.25, -0.2) is 0 Å². The largest absolute Gasteiger partial charge is 0.508 e. The highest BCUT2D eigenvalue weighted by molar-refractivity contribution is 5.66. The van der Waals surface area contributed by atoms with Crippen LogP contribution in [-0.2, 0) is 16.0 Å². The summed E-state index contributed by atoms with van der Waals surface area (Å²) in [6.45, 7) is 1.32. The predicted octanol–water partition coefficient (Wildman–Crippen LogP) is 2.72. The smallest absolute Gasteiger partial charge is 0.303 e. The summed E-state index contributed by atoms with van der Waals surface area (Å²) in [5, 5.41) is 19.8. The highest BCUT2D eigenvalue weighted by Crippen LogP contribution is 2.43. The summed E-state index contributed by atoms with van der Waals surface area (Å²) in [5.41, 5.74) is 1.19. The molecule has 0 saturated heterocycles. The quantitative estimate of drug-likeness (QED) is 0.810. The van der Waals surface area contributed by atoms with Gasteiger partial charge in [-0.1, -0.05) is 6.07 Å². The number of carbonyl (C=O) groups is 1. The van der Waals surface area contributed by atoms with E-state index in [1.165, 1.54) is 33.3 Å². The topological polar surface area (TPSA) is 94.5 Å². The maximum absolute atomic E-state index is 11.5. The number of methoxy groups -OCH3 is 2. The van der Waals surface area contributed by atoms with Gasteiger partial charge in [-0.2, -0.15) is 0 Å². The number of phenols is 2. The van der Waals surface area contributed by atoms with Gasteiger partial charge in [-0.3, -0.25) is 4.79 Å². The second kappa shape index (κ2) is 7.03. The third kappa shape index (κ3) is 3.33. The van der Waals surface area contributed by atoms with E-state index in [4.69, 9.17) is 18.9 Å². The Morgan fingerprint density at radius 2 is 1.85 bits per heavy atom. The Balaban J connectivity index is 2.04. The molecule has 0 saturated carbocycles. The van der Waals surface area contributed by atoms with Crippen LogP contribution in [0.1, 0.15) is 24.2 Å². The Kier molecular flexibility index (Phi) is 4.79. The SMILES string of the molecule is COc1ccc([C@H]2Oc3cc(O)cc(O)c3C[C@@H]2OC(C)=O)cc1OC. The molecular weight excluding hydrogens is 340 g/mol. The average Bonchev–Trinajstić information content (AvgIpc) is 2.60. The van der Waals surface area contributed by atoms with Crippen molar-refractivity contribution in [1.82, 2.24) is 0 Å². The molecule has 2 aromatic carbocycles. The minimum absolute atomic E-state index is 0.108. The molecule has 7 nitrogen and oxygen atoms in total. The zero-order chi connectivity index (χ0) is 18.8. The Morgan fingerprint density at radius 1 is 1.12 bits per heavy atom. The van der Waals surface area contributed by atoms with E-state index in [1.54, 1.807) is 18.2 Å². The molecule has 26 heavy (non-hydrogen) atoms. The van der Waals surface area contributed by atoms with Crippen LogP contribution >= 0.6 is 0 Å². The Labute approximate surface area is 150 Å². The Morgan fingerprint density at radius 3 is 2.50 bits per heavy atom. The number of fused-ring (bicyclic) bond motifs is 1. The number of benzene rings is 2. The van der Waals surface area contributed by atoms with Crippen molar-refractivity contribution in [3.63, 3.8) is 0 Å². The molecule has 0 radical (unpaired) electrons. The zero-order valence-electron chi connectivity index (χ0n) is 14.7. The fourth-order valence-corrected chi connectivity index (χ4v) is 3.08. The molecular formula is C19H20O7. The van der Waals surface area contributed by atoms with Crippen molar-refractivity contribution in [1.29, 1.82) is 0 Å². The minimum atomic E-state index is -0.645. The summed E-state index contributed by atoms with van der Waals surface area (Å²) in [6, 6.07) is 7.91. The van der Waals surface area contributed by atoms with Gasteiger partial charge < -0.3 is 29.2 Å². The summed E-state index contributed by atoms with van der Waals surface area (Å²) >= 11 is 0. The van der Waals surface area contributed by atoms with E-state index >= 15 is 0 Å². The first-order valence-electron chi connectivity index (χ1n) is 8.03. The van der Waals surface area contributed by atoms with Crippen molar-refractivity contribution in [2.45, 2.75) is 25.6 Å². The molecule has 2 N–H and O–H groups in total. The van der Waals surface area contributed by atoms with Gasteiger partial charge in [0, 0.05) is 36.6 Å². The summed E-state index contributed by atoms with van der Waals surface area (Å²) < 4.78 is 22.0. The van der Waals surface area contributed by atoms with Gasteiger partial charge in [0.15, 0.2) is 17.6 Å². The first-order valence-corrected chi connectivity index (χ1v) is 8.03. The standard InChI is InChI=1S/C19H20O7/c1-10(20)25-18-9-13-14(22)7-12(21)8-16(13)26-19(18)11-4-5-15(23-2)17(6-11)24-3/h4-8,18-19,21-22H,9H2,1-3H3/t18-,19+/m0/s1. The van der Waals surface area contributed by atoms with Gasteiger partial charge in [0.05, 0.1) is 14.2 Å². The molecule has 2 aromatic rings. The molecule has 0 unspecified atom stereocenters. The molecule has 0 aromatic heterocycles. The van der Waals surface area contributed by atoms with Crippen molar-refractivity contribution in [3.8, 4) is 28.7 Å². The van der Waals surface area contributed by atoms with E-state index in [9.17, 15) is 15.0 Å². The fourth-order valence-electron chi connectivity index (χ4n) is 3.08. The van der Waals surface area contributed by atoms with Gasteiger partial charge in [0.25, 0.3) is 0 Å². The second-order valence-corrected chi connectivity index (χ2v) is 5.95. The lowest BCUT2D eigenvalue weighted by molar-refractivity contribution is -0.152. The number of aromatic hydroxyl groups is 2. The Bertz CT molecular complexity index is 831. The van der Waals surface area contributed by atoms with Crippen molar-refractivity contribution in [2.24, 2.45) is 0 Å². The van der Waals surface area contributed by atoms with Crippen LogP contribution in [0.25, 0.3) is 0 Å². The van der Waals surface area contributed by atoms with Crippen molar-refractivity contribution < 1.29 is 34.0 Å². The van der Waals surface area contributed by atoms with E-state index in [0.29, 0.717) is 28.4 Å². The van der Waals surface area contributed by atoms with Crippen molar-refractivity contribution in [3.05, 3.63) is 41.5 Å². The van der Waals surface area contributed by atoms with E-state index in [0.717, 1.165) is 0 Å². The lowest BCUT2D eigenvalue weighted by Gasteiger charge is -2.33. The van der Waals surface area contributed by atoms with Crippen molar-refractivity contribution >= 4 is 5.97 Å². The third-order valence-corrected chi connectivity index (χ3v) is 4.22. The number of phenolic OH excluding ortho intramolecular Hbond substituents is 2. The van der Waals surface area contributed by atoms with Crippen LogP contribution in [0.4, 0.5) is 0 Å². The van der Waals surface area contributed by atoms with Gasteiger partial charge in [0.2, 0.25) is 0 Å². The summed E-state index contributed by atoms with van der Waals surface area (Å²) in [4.78, 5) is 11.5. The first-order chi connectivity index (χ1) is 12.4. The number of esters is 1. The number of ether oxygens (including phenoxy) is 4. The molecule has 2 atom stereocenters. The monoisotopic (exact) mass is 360 g/mol. The lowest BCUT2D eigenvalue weighted by Crippen LogP contribution is -2.34. The molecule has 0 aliphatic carbocycles. The van der Waals surface area contributed by atoms with Crippen LogP contribution in [0, 0.1) is 0 Å². The first kappa shape index (κ1) is 17.7. The number of hydrogen-bond acceptors (Lipinski definition) is 7. The number of carbonyl (C=O) groups excluding carboxylic acids is 1. The van der Waals surface area contributed by atoms with Crippen LogP contribution in [0.2, 0.25) is 0 Å². The molecule has 0 fully saturated rings.